The summed E-state index contributed by atoms with van der Waals surface area (Å²) in [5.41, 5.74) is 1.99. The smallest absolute Gasteiger partial charge is 0.272 e. The number of aromatic nitrogens is 1. The molecule has 0 unspecified atom stereocenters. The highest BCUT2D eigenvalue weighted by atomic mass is 32.1. The Morgan fingerprint density at radius 2 is 2.64 bits per heavy atom. The van der Waals surface area contributed by atoms with Gasteiger partial charge in [-0.15, -0.1) is 11.3 Å². The Labute approximate surface area is 85.9 Å². The Balaban J connectivity index is 2.80. The Morgan fingerprint density at radius 1 is 1.86 bits per heavy atom. The number of amides is 1. The summed E-state index contributed by atoms with van der Waals surface area (Å²) in [7, 11) is 0. The van der Waals surface area contributed by atoms with Crippen molar-refractivity contribution in [2.24, 2.45) is 0 Å². The van der Waals surface area contributed by atoms with E-state index in [1.54, 1.807) is 5.51 Å². The molecule has 1 amide bonds. The summed E-state index contributed by atoms with van der Waals surface area (Å²) in [5, 5.41) is 10.7. The predicted octanol–water partition coefficient (Wildman–Crippen LogP) is 1.43. The van der Waals surface area contributed by atoms with Gasteiger partial charge in [-0.25, -0.2) is 4.98 Å². The number of nitriles is 1. The number of thiazole rings is 1. The van der Waals surface area contributed by atoms with Gasteiger partial charge in [0.1, 0.15) is 12.2 Å². The first kappa shape index (κ1) is 10.4. The van der Waals surface area contributed by atoms with Gasteiger partial charge in [0.25, 0.3) is 5.91 Å². The summed E-state index contributed by atoms with van der Waals surface area (Å²) in [6.07, 6.45) is 3.66. The van der Waals surface area contributed by atoms with Crippen LogP contribution in [0, 0.1) is 11.3 Å². The van der Waals surface area contributed by atoms with E-state index < -0.39 is 0 Å². The maximum atomic E-state index is 11.4. The molecule has 1 aromatic rings. The van der Waals surface area contributed by atoms with Crippen LogP contribution in [0.15, 0.2) is 11.6 Å². The van der Waals surface area contributed by atoms with Crippen LogP contribution >= 0.6 is 11.3 Å². The van der Waals surface area contributed by atoms with Crippen LogP contribution < -0.4 is 5.32 Å². The number of nitrogens with one attached hydrogen (secondary N) is 1. The van der Waals surface area contributed by atoms with Gasteiger partial charge in [0.2, 0.25) is 0 Å². The van der Waals surface area contributed by atoms with E-state index in [4.69, 9.17) is 5.26 Å². The second-order valence-corrected chi connectivity index (χ2v) is 3.29. The maximum absolute atomic E-state index is 11.4. The number of carbonyl (C=O) groups excluding carboxylic acids is 1. The van der Waals surface area contributed by atoms with Gasteiger partial charge in [-0.2, -0.15) is 5.26 Å². The quantitative estimate of drug-likeness (QED) is 0.762. The number of allylic oxidation sites excluding steroid dienone is 1. The van der Waals surface area contributed by atoms with Crippen molar-refractivity contribution in [2.75, 3.05) is 6.54 Å². The van der Waals surface area contributed by atoms with E-state index >= 15 is 0 Å². The molecule has 0 aliphatic heterocycles. The largest absolute Gasteiger partial charge is 0.338 e. The number of hydrogen-bond donors (Lipinski definition) is 1. The fourth-order valence-corrected chi connectivity index (χ4v) is 1.64. The van der Waals surface area contributed by atoms with Crippen molar-refractivity contribution in [3.8, 4) is 6.07 Å². The lowest BCUT2D eigenvalue weighted by Crippen LogP contribution is -2.24. The highest BCUT2D eigenvalue weighted by Crippen LogP contribution is 2.14. The van der Waals surface area contributed by atoms with Crippen molar-refractivity contribution in [1.82, 2.24) is 10.3 Å². The second kappa shape index (κ2) is 5.14. The third-order valence-corrected chi connectivity index (χ3v) is 2.25. The standard InChI is InChI=1S/C9H9N3OS/c1-2-3-7-8(12-6-14-7)9(13)11-5-4-10/h2-3,6H,5H2,1H3,(H,11,13)/b3-2-. The molecule has 0 saturated heterocycles. The van der Waals surface area contributed by atoms with E-state index in [-0.39, 0.29) is 12.5 Å². The Kier molecular flexibility index (Phi) is 3.83. The van der Waals surface area contributed by atoms with E-state index in [0.717, 1.165) is 4.88 Å². The maximum Gasteiger partial charge on any atom is 0.272 e. The number of hydrogen-bond acceptors (Lipinski definition) is 4. The Hall–Kier alpha value is -1.67. The van der Waals surface area contributed by atoms with Crippen molar-refractivity contribution in [2.45, 2.75) is 6.92 Å². The molecular weight excluding hydrogens is 198 g/mol. The number of nitrogens with zero attached hydrogens (tertiary/aromatic N) is 2. The fraction of sp³-hybridized carbons (Fsp3) is 0.222. The molecule has 14 heavy (non-hydrogen) atoms. The molecular formula is C9H9N3OS. The summed E-state index contributed by atoms with van der Waals surface area (Å²) in [6, 6.07) is 1.84. The van der Waals surface area contributed by atoms with Crippen LogP contribution in [0.25, 0.3) is 6.08 Å². The third kappa shape index (κ3) is 2.41. The topological polar surface area (TPSA) is 65.8 Å². The van der Waals surface area contributed by atoms with E-state index in [9.17, 15) is 4.79 Å². The molecule has 0 radical (unpaired) electrons. The normalized spacial score (nSPS) is 10.0. The van der Waals surface area contributed by atoms with Crippen LogP contribution in [-0.2, 0) is 0 Å². The lowest BCUT2D eigenvalue weighted by Gasteiger charge is -1.97. The fourth-order valence-electron chi connectivity index (χ4n) is 0.899. The van der Waals surface area contributed by atoms with Crippen molar-refractivity contribution >= 4 is 23.3 Å². The minimum absolute atomic E-state index is 0.00559. The molecule has 0 aromatic carbocycles. The first-order valence-corrected chi connectivity index (χ1v) is 4.89. The zero-order chi connectivity index (χ0) is 10.4. The van der Waals surface area contributed by atoms with Gasteiger partial charge in [0, 0.05) is 0 Å². The molecule has 72 valence electrons. The highest BCUT2D eigenvalue weighted by molar-refractivity contribution is 7.10. The van der Waals surface area contributed by atoms with Crippen LogP contribution in [0.5, 0.6) is 0 Å². The van der Waals surface area contributed by atoms with Crippen molar-refractivity contribution < 1.29 is 4.79 Å². The average Bonchev–Trinajstić information content (AvgIpc) is 2.63. The van der Waals surface area contributed by atoms with E-state index in [2.05, 4.69) is 10.3 Å². The Bertz CT molecular complexity index is 389. The predicted molar refractivity (Wildman–Crippen MR) is 54.8 cm³/mol. The molecule has 1 aromatic heterocycles. The van der Waals surface area contributed by atoms with Crippen LogP contribution in [0.2, 0.25) is 0 Å². The van der Waals surface area contributed by atoms with Crippen molar-refractivity contribution in [3.63, 3.8) is 0 Å². The lowest BCUT2D eigenvalue weighted by molar-refractivity contribution is 0.0954. The molecule has 0 fully saturated rings. The molecule has 0 saturated carbocycles. The van der Waals surface area contributed by atoms with Crippen molar-refractivity contribution in [3.05, 3.63) is 22.2 Å². The molecule has 5 heteroatoms. The minimum atomic E-state index is -0.305. The molecule has 4 nitrogen and oxygen atoms in total. The molecule has 1 rings (SSSR count). The third-order valence-electron chi connectivity index (χ3n) is 1.46. The van der Waals surface area contributed by atoms with Gasteiger partial charge in [-0.1, -0.05) is 6.08 Å². The zero-order valence-electron chi connectivity index (χ0n) is 7.65. The monoisotopic (exact) mass is 207 g/mol. The summed E-state index contributed by atoms with van der Waals surface area (Å²) >= 11 is 1.39. The van der Waals surface area contributed by atoms with Gasteiger partial charge in [-0.3, -0.25) is 4.79 Å². The van der Waals surface area contributed by atoms with Crippen LogP contribution in [0.1, 0.15) is 22.3 Å². The Morgan fingerprint density at radius 3 is 3.29 bits per heavy atom. The van der Waals surface area contributed by atoms with Gasteiger partial charge in [0.05, 0.1) is 16.5 Å². The van der Waals surface area contributed by atoms with Crippen molar-refractivity contribution in [1.29, 1.82) is 5.26 Å². The molecule has 0 bridgehead atoms. The summed E-state index contributed by atoms with van der Waals surface area (Å²) < 4.78 is 0. The van der Waals surface area contributed by atoms with Crippen LogP contribution in [-0.4, -0.2) is 17.4 Å². The van der Waals surface area contributed by atoms with E-state index in [1.807, 2.05) is 25.1 Å². The number of carbonyl (C=O) groups is 1. The van der Waals surface area contributed by atoms with Gasteiger partial charge in [-0.05, 0) is 13.0 Å². The minimum Gasteiger partial charge on any atom is -0.338 e. The summed E-state index contributed by atoms with van der Waals surface area (Å²) in [6.45, 7) is 1.88. The molecule has 0 aliphatic rings. The van der Waals surface area contributed by atoms with E-state index in [0.29, 0.717) is 5.69 Å². The highest BCUT2D eigenvalue weighted by Gasteiger charge is 2.11. The van der Waals surface area contributed by atoms with Crippen LogP contribution in [0.3, 0.4) is 0 Å². The van der Waals surface area contributed by atoms with Gasteiger partial charge in [0.15, 0.2) is 0 Å². The van der Waals surface area contributed by atoms with Crippen LogP contribution in [0.4, 0.5) is 0 Å². The number of rotatable bonds is 3. The molecule has 0 spiro atoms. The average molecular weight is 207 g/mol. The summed E-state index contributed by atoms with van der Waals surface area (Å²) in [5.74, 6) is -0.305. The first-order valence-electron chi connectivity index (χ1n) is 4.01. The first-order chi connectivity index (χ1) is 6.79. The lowest BCUT2D eigenvalue weighted by atomic mass is 10.3. The molecule has 0 atom stereocenters. The van der Waals surface area contributed by atoms with E-state index in [1.165, 1.54) is 11.3 Å². The van der Waals surface area contributed by atoms with Gasteiger partial charge < -0.3 is 5.32 Å². The SMILES string of the molecule is C/C=C\c1scnc1C(=O)NCC#N. The molecule has 1 heterocycles. The molecule has 1 N–H and O–H groups in total. The summed E-state index contributed by atoms with van der Waals surface area (Å²) in [4.78, 5) is 16.2. The molecule has 0 aliphatic carbocycles. The second-order valence-electron chi connectivity index (χ2n) is 2.41. The zero-order valence-corrected chi connectivity index (χ0v) is 8.47. The van der Waals surface area contributed by atoms with Gasteiger partial charge >= 0.3 is 0 Å².